The number of hydrogen-bond acceptors (Lipinski definition) is 4. The van der Waals surface area contributed by atoms with Crippen LogP contribution in [-0.4, -0.2) is 39.8 Å². The molecule has 0 aliphatic rings. The van der Waals surface area contributed by atoms with Gasteiger partial charge in [-0.05, 0) is 49.7 Å². The van der Waals surface area contributed by atoms with E-state index in [1.54, 1.807) is 18.2 Å². The minimum Gasteiger partial charge on any atom is -0.492 e. The Hall–Kier alpha value is -2.17. The highest BCUT2D eigenvalue weighted by Crippen LogP contribution is 2.37. The van der Waals surface area contributed by atoms with Gasteiger partial charge < -0.3 is 10.1 Å². The molecule has 2 rings (SSSR count). The number of aryl methyl sites for hydroxylation is 1. The zero-order valence-corrected chi connectivity index (χ0v) is 19.7. The number of carbonyl (C=O) groups is 1. The maximum atomic E-state index is 13.2. The minimum absolute atomic E-state index is 0.0285. The Bertz CT molecular complexity index is 1090. The van der Waals surface area contributed by atoms with Crippen molar-refractivity contribution < 1.29 is 31.1 Å². The molecule has 0 saturated carbocycles. The number of rotatable bonds is 8. The normalized spacial score (nSPS) is 12.9. The van der Waals surface area contributed by atoms with Crippen LogP contribution in [0.1, 0.15) is 18.1 Å². The van der Waals surface area contributed by atoms with Crippen LogP contribution >= 0.6 is 23.2 Å². The van der Waals surface area contributed by atoms with E-state index in [-0.39, 0.29) is 18.8 Å². The van der Waals surface area contributed by atoms with Crippen LogP contribution in [0.25, 0.3) is 0 Å². The lowest BCUT2D eigenvalue weighted by atomic mass is 10.1. The summed E-state index contributed by atoms with van der Waals surface area (Å²) >= 11 is 11.6. The average molecular weight is 513 g/mol. The van der Waals surface area contributed by atoms with E-state index in [1.807, 2.05) is 6.92 Å². The molecule has 0 bridgehead atoms. The van der Waals surface area contributed by atoms with Crippen LogP contribution in [0.15, 0.2) is 36.4 Å². The van der Waals surface area contributed by atoms with Crippen molar-refractivity contribution in [3.05, 3.63) is 57.6 Å². The number of anilines is 1. The Labute approximate surface area is 194 Å². The van der Waals surface area contributed by atoms with Gasteiger partial charge in [0.05, 0.1) is 29.1 Å². The number of nitrogens with one attached hydrogen (secondary N) is 1. The molecular formula is C20H21Cl2F3N2O4S. The van der Waals surface area contributed by atoms with Gasteiger partial charge in [0, 0.05) is 5.02 Å². The predicted octanol–water partition coefficient (Wildman–Crippen LogP) is 4.67. The third kappa shape index (κ3) is 6.66. The van der Waals surface area contributed by atoms with Crippen molar-refractivity contribution in [2.75, 3.05) is 23.7 Å². The van der Waals surface area contributed by atoms with Gasteiger partial charge in [-0.3, -0.25) is 9.10 Å². The Balaban J connectivity index is 2.12. The zero-order valence-electron chi connectivity index (χ0n) is 17.3. The summed E-state index contributed by atoms with van der Waals surface area (Å²) in [5.74, 6) is -0.231. The summed E-state index contributed by atoms with van der Waals surface area (Å²) in [5, 5.41) is 2.44. The molecule has 6 nitrogen and oxygen atoms in total. The van der Waals surface area contributed by atoms with E-state index in [1.165, 1.54) is 6.92 Å². The largest absolute Gasteiger partial charge is 0.492 e. The highest BCUT2D eigenvalue weighted by molar-refractivity contribution is 7.92. The first kappa shape index (κ1) is 26.1. The number of benzene rings is 2. The van der Waals surface area contributed by atoms with Crippen molar-refractivity contribution >= 4 is 44.8 Å². The second kappa shape index (κ2) is 10.2. The van der Waals surface area contributed by atoms with Gasteiger partial charge in [0.2, 0.25) is 15.9 Å². The molecule has 0 radical (unpaired) electrons. The van der Waals surface area contributed by atoms with E-state index in [4.69, 9.17) is 27.9 Å². The molecule has 0 unspecified atom stereocenters. The lowest BCUT2D eigenvalue weighted by Gasteiger charge is -2.29. The lowest BCUT2D eigenvalue weighted by molar-refractivity contribution is -0.137. The highest BCUT2D eigenvalue weighted by Gasteiger charge is 2.36. The number of nitrogens with zero attached hydrogens (tertiary/aromatic N) is 1. The van der Waals surface area contributed by atoms with E-state index < -0.39 is 38.7 Å². The Morgan fingerprint density at radius 3 is 2.38 bits per heavy atom. The van der Waals surface area contributed by atoms with Crippen LogP contribution in [0, 0.1) is 6.92 Å². The monoisotopic (exact) mass is 512 g/mol. The first-order valence-electron chi connectivity index (χ1n) is 9.24. The molecule has 1 amide bonds. The number of sulfonamides is 1. The van der Waals surface area contributed by atoms with E-state index in [0.29, 0.717) is 21.1 Å². The topological polar surface area (TPSA) is 75.7 Å². The predicted molar refractivity (Wildman–Crippen MR) is 118 cm³/mol. The first-order chi connectivity index (χ1) is 14.7. The average Bonchev–Trinajstić information content (AvgIpc) is 2.67. The summed E-state index contributed by atoms with van der Waals surface area (Å²) in [6, 6.07) is 6.39. The first-order valence-corrected chi connectivity index (χ1v) is 11.8. The SMILES string of the molecule is Cc1ccc(OCCNC(=O)[C@H](C)N(c2ccc(Cl)c(C(F)(F)F)c2)S(C)(=O)=O)cc1Cl. The molecule has 0 aliphatic heterocycles. The molecule has 1 atom stereocenters. The van der Waals surface area contributed by atoms with Crippen LogP contribution in [-0.2, 0) is 21.0 Å². The van der Waals surface area contributed by atoms with Crippen molar-refractivity contribution in [3.63, 3.8) is 0 Å². The van der Waals surface area contributed by atoms with Crippen LogP contribution in [0.2, 0.25) is 10.0 Å². The molecule has 1 N–H and O–H groups in total. The third-order valence-corrected chi connectivity index (χ3v) is 6.39. The van der Waals surface area contributed by atoms with Gasteiger partial charge >= 0.3 is 6.18 Å². The maximum Gasteiger partial charge on any atom is 0.417 e. The smallest absolute Gasteiger partial charge is 0.417 e. The van der Waals surface area contributed by atoms with E-state index in [2.05, 4.69) is 5.32 Å². The van der Waals surface area contributed by atoms with Crippen LogP contribution in [0.4, 0.5) is 18.9 Å². The van der Waals surface area contributed by atoms with Crippen LogP contribution in [0.5, 0.6) is 5.75 Å². The summed E-state index contributed by atoms with van der Waals surface area (Å²) < 4.78 is 70.2. The number of amides is 1. The summed E-state index contributed by atoms with van der Waals surface area (Å²) in [6.07, 6.45) is -4.00. The van der Waals surface area contributed by atoms with Crippen molar-refractivity contribution in [1.29, 1.82) is 0 Å². The summed E-state index contributed by atoms with van der Waals surface area (Å²) in [7, 11) is -4.10. The fraction of sp³-hybridized carbons (Fsp3) is 0.350. The molecule has 0 aromatic heterocycles. The number of alkyl halides is 3. The van der Waals surface area contributed by atoms with E-state index in [9.17, 15) is 26.4 Å². The number of hydrogen-bond donors (Lipinski definition) is 1. The third-order valence-electron chi connectivity index (χ3n) is 4.41. The Kier molecular flexibility index (Phi) is 8.30. The molecule has 0 spiro atoms. The van der Waals surface area contributed by atoms with Gasteiger partial charge in [-0.1, -0.05) is 29.3 Å². The maximum absolute atomic E-state index is 13.2. The fourth-order valence-corrected chi connectivity index (χ4v) is 4.39. The van der Waals surface area contributed by atoms with Gasteiger partial charge in [0.1, 0.15) is 18.4 Å². The van der Waals surface area contributed by atoms with E-state index >= 15 is 0 Å². The Morgan fingerprint density at radius 1 is 1.16 bits per heavy atom. The minimum atomic E-state index is -4.79. The van der Waals surface area contributed by atoms with Gasteiger partial charge in [-0.25, -0.2) is 8.42 Å². The molecule has 176 valence electrons. The Morgan fingerprint density at radius 2 is 1.81 bits per heavy atom. The van der Waals surface area contributed by atoms with Gasteiger partial charge in [-0.15, -0.1) is 0 Å². The number of halogens is 5. The summed E-state index contributed by atoms with van der Waals surface area (Å²) in [5.41, 5.74) is -0.668. The van der Waals surface area contributed by atoms with Crippen molar-refractivity contribution in [2.24, 2.45) is 0 Å². The molecule has 2 aromatic rings. The summed E-state index contributed by atoms with van der Waals surface area (Å²) in [4.78, 5) is 12.5. The second-order valence-electron chi connectivity index (χ2n) is 6.95. The molecule has 0 aliphatic carbocycles. The highest BCUT2D eigenvalue weighted by atomic mass is 35.5. The molecular weight excluding hydrogens is 492 g/mol. The molecule has 12 heteroatoms. The standard InChI is InChI=1S/C20H21Cl2F3N2O4S/c1-12-4-6-15(11-18(12)22)31-9-8-26-19(28)13(2)27(32(3,29)30)14-5-7-17(21)16(10-14)20(23,24)25/h4-7,10-11,13H,8-9H2,1-3H3,(H,26,28)/t13-/m0/s1. The number of carbonyl (C=O) groups excluding carboxylic acids is 1. The van der Waals surface area contributed by atoms with Gasteiger partial charge in [0.15, 0.2) is 0 Å². The molecule has 0 saturated heterocycles. The van der Waals surface area contributed by atoms with Crippen LogP contribution < -0.4 is 14.4 Å². The van der Waals surface area contributed by atoms with Crippen molar-refractivity contribution in [3.8, 4) is 5.75 Å². The summed E-state index contributed by atoms with van der Waals surface area (Å²) in [6.45, 7) is 3.19. The molecule has 0 fully saturated rings. The number of ether oxygens (including phenoxy) is 1. The van der Waals surface area contributed by atoms with Crippen LogP contribution in [0.3, 0.4) is 0 Å². The lowest BCUT2D eigenvalue weighted by Crippen LogP contribution is -2.48. The molecule has 0 heterocycles. The second-order valence-corrected chi connectivity index (χ2v) is 9.62. The fourth-order valence-electron chi connectivity index (χ4n) is 2.83. The van der Waals surface area contributed by atoms with Crippen molar-refractivity contribution in [2.45, 2.75) is 26.1 Å². The molecule has 2 aromatic carbocycles. The van der Waals surface area contributed by atoms with Gasteiger partial charge in [-0.2, -0.15) is 13.2 Å². The van der Waals surface area contributed by atoms with Crippen molar-refractivity contribution in [1.82, 2.24) is 5.32 Å². The van der Waals surface area contributed by atoms with E-state index in [0.717, 1.165) is 24.0 Å². The molecule has 32 heavy (non-hydrogen) atoms. The zero-order chi connectivity index (χ0) is 24.3. The van der Waals surface area contributed by atoms with Gasteiger partial charge in [0.25, 0.3) is 0 Å². The quantitative estimate of drug-likeness (QED) is 0.521.